The van der Waals surface area contributed by atoms with Crippen molar-refractivity contribution < 1.29 is 14.0 Å². The first-order valence-corrected chi connectivity index (χ1v) is 8.25. The summed E-state index contributed by atoms with van der Waals surface area (Å²) < 4.78 is 13.0. The Bertz CT molecular complexity index is 782. The van der Waals surface area contributed by atoms with Crippen molar-refractivity contribution in [2.24, 2.45) is 5.92 Å². The molecule has 1 aliphatic rings. The number of hydrogen-bond acceptors (Lipinski definition) is 2. The molecule has 2 aromatic carbocycles. The fourth-order valence-corrected chi connectivity index (χ4v) is 3.88. The molecular weight excluding hydrogens is 303 g/mol. The van der Waals surface area contributed by atoms with Gasteiger partial charge in [-0.1, -0.05) is 29.8 Å². The smallest absolute Gasteiger partial charge is 0.151 e. The predicted molar refractivity (Wildman–Crippen MR) is 91.6 cm³/mol. The molecule has 2 atom stereocenters. The molecule has 0 aliphatic heterocycles. The lowest BCUT2D eigenvalue weighted by molar-refractivity contribution is -0.124. The van der Waals surface area contributed by atoms with E-state index in [0.29, 0.717) is 6.42 Å². The SMILES string of the molecule is Cc1cc(C)c(C2C(=O)CC(Cc3ccc(F)cc3)C2=O)c(C)c1. The van der Waals surface area contributed by atoms with E-state index in [1.165, 1.54) is 12.1 Å². The van der Waals surface area contributed by atoms with Gasteiger partial charge in [-0.15, -0.1) is 0 Å². The van der Waals surface area contributed by atoms with E-state index in [1.807, 2.05) is 32.9 Å². The Morgan fingerprint density at radius 2 is 1.58 bits per heavy atom. The molecule has 2 nitrogen and oxygen atoms in total. The number of rotatable bonds is 3. The molecule has 0 saturated heterocycles. The second-order valence-corrected chi connectivity index (χ2v) is 6.85. The topological polar surface area (TPSA) is 34.1 Å². The van der Waals surface area contributed by atoms with Crippen molar-refractivity contribution in [3.63, 3.8) is 0 Å². The van der Waals surface area contributed by atoms with E-state index in [0.717, 1.165) is 27.8 Å². The highest BCUT2D eigenvalue weighted by atomic mass is 19.1. The molecule has 0 heterocycles. The van der Waals surface area contributed by atoms with Crippen LogP contribution in [-0.2, 0) is 16.0 Å². The van der Waals surface area contributed by atoms with Crippen molar-refractivity contribution in [3.05, 3.63) is 70.0 Å². The highest BCUT2D eigenvalue weighted by Crippen LogP contribution is 2.37. The third-order valence-electron chi connectivity index (χ3n) is 4.88. The van der Waals surface area contributed by atoms with Crippen LogP contribution in [0.4, 0.5) is 4.39 Å². The van der Waals surface area contributed by atoms with Crippen LogP contribution in [0.3, 0.4) is 0 Å². The number of halogens is 1. The molecule has 0 spiro atoms. The summed E-state index contributed by atoms with van der Waals surface area (Å²) in [6.07, 6.45) is 0.763. The number of ketones is 2. The van der Waals surface area contributed by atoms with Gasteiger partial charge < -0.3 is 0 Å². The van der Waals surface area contributed by atoms with Crippen LogP contribution in [-0.4, -0.2) is 11.6 Å². The number of carbonyl (C=O) groups is 2. The average molecular weight is 324 g/mol. The van der Waals surface area contributed by atoms with Crippen molar-refractivity contribution in [1.29, 1.82) is 0 Å². The van der Waals surface area contributed by atoms with E-state index in [-0.39, 0.29) is 29.7 Å². The number of Topliss-reactive ketones (excluding diaryl/α,β-unsaturated/α-hetero) is 2. The quantitative estimate of drug-likeness (QED) is 0.792. The summed E-state index contributed by atoms with van der Waals surface area (Å²) in [6.45, 7) is 5.94. The molecule has 124 valence electrons. The first-order chi connectivity index (χ1) is 11.4. The summed E-state index contributed by atoms with van der Waals surface area (Å²) in [5.41, 5.74) is 4.90. The van der Waals surface area contributed by atoms with Crippen LogP contribution in [0.25, 0.3) is 0 Å². The van der Waals surface area contributed by atoms with Gasteiger partial charge in [0.05, 0.1) is 0 Å². The Morgan fingerprint density at radius 1 is 1.00 bits per heavy atom. The van der Waals surface area contributed by atoms with Crippen LogP contribution < -0.4 is 0 Å². The zero-order chi connectivity index (χ0) is 17.4. The standard InChI is InChI=1S/C21H21FO2/c1-12-8-13(2)19(14(3)9-12)20-18(23)11-16(21(20)24)10-15-4-6-17(22)7-5-15/h4-9,16,20H,10-11H2,1-3H3. The van der Waals surface area contributed by atoms with E-state index in [1.54, 1.807) is 12.1 Å². The molecule has 3 heteroatoms. The third-order valence-corrected chi connectivity index (χ3v) is 4.88. The lowest BCUT2D eigenvalue weighted by Crippen LogP contribution is -2.18. The van der Waals surface area contributed by atoms with Gasteiger partial charge >= 0.3 is 0 Å². The maximum atomic E-state index is 13.0. The van der Waals surface area contributed by atoms with Gasteiger partial charge in [0.2, 0.25) is 0 Å². The number of benzene rings is 2. The molecule has 0 aromatic heterocycles. The van der Waals surface area contributed by atoms with E-state index < -0.39 is 5.92 Å². The van der Waals surface area contributed by atoms with Crippen LogP contribution >= 0.6 is 0 Å². The summed E-state index contributed by atoms with van der Waals surface area (Å²) in [5, 5.41) is 0. The molecule has 0 radical (unpaired) electrons. The van der Waals surface area contributed by atoms with E-state index >= 15 is 0 Å². The van der Waals surface area contributed by atoms with Crippen LogP contribution in [0.1, 0.15) is 40.2 Å². The van der Waals surface area contributed by atoms with E-state index in [9.17, 15) is 14.0 Å². The van der Waals surface area contributed by atoms with Crippen molar-refractivity contribution in [3.8, 4) is 0 Å². The fraction of sp³-hybridized carbons (Fsp3) is 0.333. The van der Waals surface area contributed by atoms with Gasteiger partial charge in [-0.2, -0.15) is 0 Å². The van der Waals surface area contributed by atoms with Crippen LogP contribution in [0.5, 0.6) is 0 Å². The number of aryl methyl sites for hydroxylation is 3. The highest BCUT2D eigenvalue weighted by molar-refractivity contribution is 6.15. The second kappa shape index (κ2) is 6.31. The maximum Gasteiger partial charge on any atom is 0.151 e. The molecule has 2 aromatic rings. The van der Waals surface area contributed by atoms with Gasteiger partial charge in [-0.25, -0.2) is 4.39 Å². The Hall–Kier alpha value is -2.29. The Kier molecular flexibility index (Phi) is 4.35. The molecule has 1 aliphatic carbocycles. The normalized spacial score (nSPS) is 20.7. The zero-order valence-electron chi connectivity index (χ0n) is 14.2. The summed E-state index contributed by atoms with van der Waals surface area (Å²) in [6, 6.07) is 10.2. The maximum absolute atomic E-state index is 13.0. The molecule has 2 unspecified atom stereocenters. The van der Waals surface area contributed by atoms with Gasteiger partial charge in [-0.05, 0) is 61.6 Å². The van der Waals surface area contributed by atoms with Crippen LogP contribution in [0.2, 0.25) is 0 Å². The van der Waals surface area contributed by atoms with Gasteiger partial charge in [0, 0.05) is 12.3 Å². The minimum atomic E-state index is -0.643. The Morgan fingerprint density at radius 3 is 2.17 bits per heavy atom. The minimum absolute atomic E-state index is 0.000576. The number of hydrogen-bond donors (Lipinski definition) is 0. The summed E-state index contributed by atoms with van der Waals surface area (Å²) in [5.74, 6) is -1.25. The minimum Gasteiger partial charge on any atom is -0.298 e. The molecule has 0 amide bonds. The summed E-state index contributed by atoms with van der Waals surface area (Å²) in [4.78, 5) is 25.4. The van der Waals surface area contributed by atoms with Crippen LogP contribution in [0.15, 0.2) is 36.4 Å². The Balaban J connectivity index is 1.88. The van der Waals surface area contributed by atoms with Gasteiger partial charge in [-0.3, -0.25) is 9.59 Å². The van der Waals surface area contributed by atoms with Crippen molar-refractivity contribution in [2.45, 2.75) is 39.5 Å². The molecule has 0 N–H and O–H groups in total. The molecule has 0 bridgehead atoms. The second-order valence-electron chi connectivity index (χ2n) is 6.85. The lowest BCUT2D eigenvalue weighted by atomic mass is 9.86. The molecule has 3 rings (SSSR count). The fourth-order valence-electron chi connectivity index (χ4n) is 3.88. The molecular formula is C21H21FO2. The van der Waals surface area contributed by atoms with Crippen molar-refractivity contribution in [2.75, 3.05) is 0 Å². The molecule has 1 fully saturated rings. The lowest BCUT2D eigenvalue weighted by Gasteiger charge is -2.16. The highest BCUT2D eigenvalue weighted by Gasteiger charge is 2.42. The first-order valence-electron chi connectivity index (χ1n) is 8.25. The Labute approximate surface area is 141 Å². The zero-order valence-corrected chi connectivity index (χ0v) is 14.2. The summed E-state index contributed by atoms with van der Waals surface area (Å²) in [7, 11) is 0. The monoisotopic (exact) mass is 324 g/mol. The van der Waals surface area contributed by atoms with Gasteiger partial charge in [0.25, 0.3) is 0 Å². The molecule has 1 saturated carbocycles. The number of carbonyl (C=O) groups excluding carboxylic acids is 2. The largest absolute Gasteiger partial charge is 0.298 e. The third kappa shape index (κ3) is 3.03. The predicted octanol–water partition coefficient (Wildman–Crippen LogP) is 4.24. The van der Waals surface area contributed by atoms with Crippen molar-refractivity contribution >= 4 is 11.6 Å². The summed E-state index contributed by atoms with van der Waals surface area (Å²) >= 11 is 0. The molecule has 24 heavy (non-hydrogen) atoms. The van der Waals surface area contributed by atoms with E-state index in [2.05, 4.69) is 0 Å². The van der Waals surface area contributed by atoms with E-state index in [4.69, 9.17) is 0 Å². The first kappa shape index (κ1) is 16.6. The van der Waals surface area contributed by atoms with Gasteiger partial charge in [0.15, 0.2) is 5.78 Å². The van der Waals surface area contributed by atoms with Crippen LogP contribution in [0, 0.1) is 32.5 Å². The van der Waals surface area contributed by atoms with Crippen molar-refractivity contribution in [1.82, 2.24) is 0 Å². The average Bonchev–Trinajstić information content (AvgIpc) is 2.76. The van der Waals surface area contributed by atoms with Gasteiger partial charge in [0.1, 0.15) is 17.5 Å².